The molecule has 6 heteroatoms. The highest BCUT2D eigenvalue weighted by atomic mass is 16.5. The Hall–Kier alpha value is -3.09. The van der Waals surface area contributed by atoms with Crippen LogP contribution in [0.4, 0.5) is 0 Å². The number of allylic oxidation sites excluding steroid dienone is 3. The van der Waals surface area contributed by atoms with Crippen molar-refractivity contribution < 1.29 is 30.0 Å². The third-order valence-electron chi connectivity index (χ3n) is 5.25. The summed E-state index contributed by atoms with van der Waals surface area (Å²) in [6.07, 6.45) is 3.31. The number of phenolic OH excluding ortho intramolecular Hbond substituents is 2. The summed E-state index contributed by atoms with van der Waals surface area (Å²) < 4.78 is 5.66. The Morgan fingerprint density at radius 3 is 2.52 bits per heavy atom. The molecule has 31 heavy (non-hydrogen) atoms. The van der Waals surface area contributed by atoms with Crippen molar-refractivity contribution in [2.24, 2.45) is 0 Å². The molecule has 1 aliphatic heterocycles. The number of phenols is 2. The van der Waals surface area contributed by atoms with Gasteiger partial charge in [-0.3, -0.25) is 4.79 Å². The van der Waals surface area contributed by atoms with Gasteiger partial charge in [0.15, 0.2) is 11.9 Å². The first-order chi connectivity index (χ1) is 14.5. The molecule has 2 atom stereocenters. The first-order valence-electron chi connectivity index (χ1n) is 10.1. The molecule has 6 nitrogen and oxygen atoms in total. The van der Waals surface area contributed by atoms with Crippen LogP contribution >= 0.6 is 0 Å². The average molecular weight is 424 g/mol. The van der Waals surface area contributed by atoms with Crippen LogP contribution in [0.2, 0.25) is 0 Å². The number of rotatable bonds is 6. The van der Waals surface area contributed by atoms with Crippen LogP contribution in [0.1, 0.15) is 60.8 Å². The van der Waals surface area contributed by atoms with E-state index in [1.54, 1.807) is 38.1 Å². The SMILES string of the molecule is CC(C)=CCc1c(O)ccc(C(=O)C=Cc2ccc3c(c2)[C@@H](O)[C@H](C(C)(C)O)O3)c1O. The lowest BCUT2D eigenvalue weighted by Gasteiger charge is -2.27. The Balaban J connectivity index is 1.83. The molecule has 0 saturated heterocycles. The van der Waals surface area contributed by atoms with E-state index in [-0.39, 0.29) is 17.1 Å². The summed E-state index contributed by atoms with van der Waals surface area (Å²) in [5, 5.41) is 41.2. The van der Waals surface area contributed by atoms with Gasteiger partial charge in [-0.1, -0.05) is 23.8 Å². The highest BCUT2D eigenvalue weighted by molar-refractivity contribution is 6.09. The lowest BCUT2D eigenvalue weighted by molar-refractivity contribution is -0.0762. The van der Waals surface area contributed by atoms with Gasteiger partial charge in [-0.15, -0.1) is 0 Å². The van der Waals surface area contributed by atoms with Crippen molar-refractivity contribution in [2.45, 2.75) is 51.9 Å². The van der Waals surface area contributed by atoms with E-state index >= 15 is 0 Å². The van der Waals surface area contributed by atoms with Gasteiger partial charge < -0.3 is 25.2 Å². The van der Waals surface area contributed by atoms with E-state index in [1.165, 1.54) is 18.2 Å². The number of carbonyl (C=O) groups excluding carboxylic acids is 1. The Morgan fingerprint density at radius 1 is 1.16 bits per heavy atom. The van der Waals surface area contributed by atoms with E-state index in [0.717, 1.165) is 5.57 Å². The van der Waals surface area contributed by atoms with Crippen molar-refractivity contribution in [3.05, 3.63) is 70.3 Å². The summed E-state index contributed by atoms with van der Waals surface area (Å²) in [5.74, 6) is -0.228. The van der Waals surface area contributed by atoms with E-state index in [0.29, 0.717) is 28.9 Å². The molecule has 0 fully saturated rings. The minimum Gasteiger partial charge on any atom is -0.508 e. The maximum absolute atomic E-state index is 12.7. The number of aliphatic hydroxyl groups is 2. The van der Waals surface area contributed by atoms with Crippen LogP contribution in [-0.2, 0) is 6.42 Å². The Kier molecular flexibility index (Phi) is 6.25. The van der Waals surface area contributed by atoms with Crippen LogP contribution < -0.4 is 4.74 Å². The lowest BCUT2D eigenvalue weighted by atomic mass is 9.94. The molecule has 1 heterocycles. The molecule has 0 aliphatic carbocycles. The average Bonchev–Trinajstić information content (AvgIpc) is 3.02. The normalized spacial score (nSPS) is 18.0. The van der Waals surface area contributed by atoms with Crippen molar-refractivity contribution in [3.63, 3.8) is 0 Å². The van der Waals surface area contributed by atoms with Crippen molar-refractivity contribution in [1.29, 1.82) is 0 Å². The van der Waals surface area contributed by atoms with Gasteiger partial charge in [-0.05, 0) is 70.0 Å². The molecule has 3 rings (SSSR count). The number of aromatic hydroxyl groups is 2. The molecule has 0 unspecified atom stereocenters. The van der Waals surface area contributed by atoms with E-state index < -0.39 is 23.6 Å². The fourth-order valence-corrected chi connectivity index (χ4v) is 3.50. The van der Waals surface area contributed by atoms with Gasteiger partial charge in [0.05, 0.1) is 11.2 Å². The topological polar surface area (TPSA) is 107 Å². The van der Waals surface area contributed by atoms with Gasteiger partial charge in [0.2, 0.25) is 0 Å². The lowest BCUT2D eigenvalue weighted by Crippen LogP contribution is -2.41. The molecule has 4 N–H and O–H groups in total. The molecule has 0 saturated carbocycles. The summed E-state index contributed by atoms with van der Waals surface area (Å²) in [5.41, 5.74) is 1.41. The molecule has 0 amide bonds. The summed E-state index contributed by atoms with van der Waals surface area (Å²) in [4.78, 5) is 12.7. The fourth-order valence-electron chi connectivity index (χ4n) is 3.50. The van der Waals surface area contributed by atoms with E-state index in [1.807, 2.05) is 19.9 Å². The van der Waals surface area contributed by atoms with Crippen molar-refractivity contribution in [1.82, 2.24) is 0 Å². The van der Waals surface area contributed by atoms with E-state index in [2.05, 4.69) is 0 Å². The molecule has 2 aromatic carbocycles. The quantitative estimate of drug-likeness (QED) is 0.316. The first-order valence-corrected chi connectivity index (χ1v) is 10.1. The summed E-state index contributed by atoms with van der Waals surface area (Å²) in [7, 11) is 0. The molecule has 0 bridgehead atoms. The summed E-state index contributed by atoms with van der Waals surface area (Å²) in [6, 6.07) is 7.90. The van der Waals surface area contributed by atoms with Crippen LogP contribution in [0.15, 0.2) is 48.1 Å². The Bertz CT molecular complexity index is 1050. The third-order valence-corrected chi connectivity index (χ3v) is 5.25. The molecule has 0 spiro atoms. The number of ketones is 1. The van der Waals surface area contributed by atoms with Gasteiger partial charge >= 0.3 is 0 Å². The second-order valence-electron chi connectivity index (χ2n) is 8.58. The molecule has 164 valence electrons. The number of carbonyl (C=O) groups is 1. The molecule has 1 aliphatic rings. The highest BCUT2D eigenvalue weighted by Crippen LogP contribution is 2.41. The number of hydrogen-bond acceptors (Lipinski definition) is 6. The largest absolute Gasteiger partial charge is 0.508 e. The predicted octanol–water partition coefficient (Wildman–Crippen LogP) is 4.07. The van der Waals surface area contributed by atoms with Gasteiger partial charge in [0.1, 0.15) is 23.4 Å². The predicted molar refractivity (Wildman–Crippen MR) is 118 cm³/mol. The maximum atomic E-state index is 12.7. The van der Waals surface area contributed by atoms with Crippen molar-refractivity contribution >= 4 is 11.9 Å². The summed E-state index contributed by atoms with van der Waals surface area (Å²) in [6.45, 7) is 6.97. The van der Waals surface area contributed by atoms with Crippen LogP contribution in [-0.4, -0.2) is 37.9 Å². The Labute approximate surface area is 181 Å². The maximum Gasteiger partial charge on any atom is 0.189 e. The van der Waals surface area contributed by atoms with Crippen LogP contribution in [0.25, 0.3) is 6.08 Å². The smallest absolute Gasteiger partial charge is 0.189 e. The fraction of sp³-hybridized carbons (Fsp3) is 0.320. The minimum absolute atomic E-state index is 0.0653. The summed E-state index contributed by atoms with van der Waals surface area (Å²) >= 11 is 0. The van der Waals surface area contributed by atoms with Crippen LogP contribution in [0.5, 0.6) is 17.2 Å². The second kappa shape index (κ2) is 8.57. The van der Waals surface area contributed by atoms with E-state index in [4.69, 9.17) is 4.74 Å². The Morgan fingerprint density at radius 2 is 1.87 bits per heavy atom. The number of fused-ring (bicyclic) bond motifs is 1. The van der Waals surface area contributed by atoms with Crippen molar-refractivity contribution in [3.8, 4) is 17.2 Å². The number of hydrogen-bond donors (Lipinski definition) is 4. The van der Waals surface area contributed by atoms with E-state index in [9.17, 15) is 25.2 Å². The highest BCUT2D eigenvalue weighted by Gasteiger charge is 2.42. The van der Waals surface area contributed by atoms with Crippen molar-refractivity contribution in [2.75, 3.05) is 0 Å². The first kappa shape index (κ1) is 22.6. The van der Waals surface area contributed by atoms with Gasteiger partial charge in [-0.25, -0.2) is 0 Å². The number of benzene rings is 2. The zero-order valence-corrected chi connectivity index (χ0v) is 18.1. The third kappa shape index (κ3) is 4.81. The molecule has 0 aromatic heterocycles. The molecule has 2 aromatic rings. The minimum atomic E-state index is -1.22. The van der Waals surface area contributed by atoms with Gasteiger partial charge in [0.25, 0.3) is 0 Å². The van der Waals surface area contributed by atoms with Crippen LogP contribution in [0, 0.1) is 0 Å². The molecular formula is C25H28O6. The second-order valence-corrected chi connectivity index (χ2v) is 8.58. The van der Waals surface area contributed by atoms with Gasteiger partial charge in [-0.2, -0.15) is 0 Å². The molecule has 0 radical (unpaired) electrons. The van der Waals surface area contributed by atoms with Gasteiger partial charge in [0, 0.05) is 11.1 Å². The zero-order valence-electron chi connectivity index (χ0n) is 18.1. The zero-order chi connectivity index (χ0) is 22.9. The monoisotopic (exact) mass is 424 g/mol. The molecular weight excluding hydrogens is 396 g/mol. The van der Waals surface area contributed by atoms with Crippen LogP contribution in [0.3, 0.4) is 0 Å². The number of ether oxygens (including phenoxy) is 1. The number of aliphatic hydroxyl groups excluding tert-OH is 1. The standard InChI is InChI=1S/C25H28O6/c1-14(2)5-8-16-20(27)11-9-17(22(16)28)19(26)10-6-15-7-12-21-18(13-15)23(29)24(31-21)25(3,4)30/h5-7,9-13,23-24,27-30H,8H2,1-4H3/t23-,24-/m1/s1.